The Hall–Kier alpha value is -3.85. The average Bonchev–Trinajstić information content (AvgIpc) is 3.00. The van der Waals surface area contributed by atoms with Gasteiger partial charge in [-0.15, -0.1) is 0 Å². The zero-order chi connectivity index (χ0) is 28.1. The Balaban J connectivity index is 0.00000158. The molecule has 5 heterocycles. The second-order valence-corrected chi connectivity index (χ2v) is 9.79. The fourth-order valence-electron chi connectivity index (χ4n) is 5.34. The molecule has 0 spiro atoms. The molecule has 1 N–H and O–H groups in total. The summed E-state index contributed by atoms with van der Waals surface area (Å²) in [7, 11) is 0. The van der Waals surface area contributed by atoms with Crippen LogP contribution in [0.1, 0.15) is 38.7 Å². The van der Waals surface area contributed by atoms with Crippen molar-refractivity contribution < 1.29 is 13.5 Å². The highest BCUT2D eigenvalue weighted by Crippen LogP contribution is 2.39. The number of anilines is 4. The zero-order valence-corrected chi connectivity index (χ0v) is 23.4. The molecule has 2 aliphatic rings. The van der Waals surface area contributed by atoms with Gasteiger partial charge in [-0.05, 0) is 44.4 Å². The van der Waals surface area contributed by atoms with Gasteiger partial charge in [-0.25, -0.2) is 18.7 Å². The number of hydrogen-bond donors (Lipinski definition) is 1. The number of hydrogen-bond acceptors (Lipinski definition) is 7. The Morgan fingerprint density at radius 1 is 0.900 bits per heavy atom. The first-order chi connectivity index (χ1) is 19.6. The molecular weight excluding hydrogens is 510 g/mol. The summed E-state index contributed by atoms with van der Waals surface area (Å²) in [6.07, 6.45) is 6.99. The smallest absolute Gasteiger partial charge is 0.152 e. The van der Waals surface area contributed by atoms with E-state index in [1.807, 2.05) is 45.2 Å². The first kappa shape index (κ1) is 27.7. The minimum Gasteiger partial charge on any atom is -0.378 e. The molecule has 4 aromatic rings. The summed E-state index contributed by atoms with van der Waals surface area (Å²) in [4.78, 5) is 18.5. The molecule has 0 radical (unpaired) electrons. The van der Waals surface area contributed by atoms with Crippen molar-refractivity contribution in [2.45, 2.75) is 40.0 Å². The lowest BCUT2D eigenvalue weighted by Crippen LogP contribution is -2.36. The number of ether oxygens (including phenoxy) is 1. The molecule has 6 rings (SSSR count). The van der Waals surface area contributed by atoms with Gasteiger partial charge in [0.15, 0.2) is 5.82 Å². The summed E-state index contributed by atoms with van der Waals surface area (Å²) in [5.74, 6) is -0.510. The van der Waals surface area contributed by atoms with Crippen molar-refractivity contribution in [1.82, 2.24) is 15.0 Å². The van der Waals surface area contributed by atoms with Crippen LogP contribution in [0.25, 0.3) is 22.3 Å². The van der Waals surface area contributed by atoms with Gasteiger partial charge < -0.3 is 19.9 Å². The topological polar surface area (TPSA) is 66.4 Å². The molecule has 2 fully saturated rings. The number of fused-ring (bicyclic) bond motifs is 1. The van der Waals surface area contributed by atoms with Gasteiger partial charge in [0.1, 0.15) is 11.6 Å². The van der Waals surface area contributed by atoms with Gasteiger partial charge in [0.05, 0.1) is 58.8 Å². The fourth-order valence-corrected chi connectivity index (χ4v) is 5.34. The molecule has 1 aromatic carbocycles. The maximum Gasteiger partial charge on any atom is 0.152 e. The molecule has 7 nitrogen and oxygen atoms in total. The first-order valence-electron chi connectivity index (χ1n) is 14.1. The van der Waals surface area contributed by atoms with Crippen LogP contribution in [0.2, 0.25) is 0 Å². The van der Waals surface area contributed by atoms with Gasteiger partial charge >= 0.3 is 0 Å². The van der Waals surface area contributed by atoms with Crippen LogP contribution in [0.5, 0.6) is 0 Å². The highest BCUT2D eigenvalue weighted by Gasteiger charge is 2.23. The minimum atomic E-state index is -0.672. The largest absolute Gasteiger partial charge is 0.378 e. The Bertz CT molecular complexity index is 1450. The highest BCUT2D eigenvalue weighted by molar-refractivity contribution is 5.99. The zero-order valence-electron chi connectivity index (χ0n) is 23.4. The lowest BCUT2D eigenvalue weighted by Gasteiger charge is -2.32. The van der Waals surface area contributed by atoms with E-state index in [-0.39, 0.29) is 10.9 Å². The van der Waals surface area contributed by atoms with E-state index in [4.69, 9.17) is 9.72 Å². The average molecular weight is 547 g/mol. The van der Waals surface area contributed by atoms with Crippen molar-refractivity contribution in [2.24, 2.45) is 0 Å². The molecule has 0 amide bonds. The van der Waals surface area contributed by atoms with E-state index in [0.29, 0.717) is 30.3 Å². The number of benzene rings is 1. The van der Waals surface area contributed by atoms with Crippen LogP contribution >= 0.6 is 0 Å². The maximum atomic E-state index is 15.4. The van der Waals surface area contributed by atoms with Crippen LogP contribution in [0, 0.1) is 18.6 Å². The van der Waals surface area contributed by atoms with E-state index in [1.54, 1.807) is 6.20 Å². The van der Waals surface area contributed by atoms with E-state index in [0.717, 1.165) is 67.8 Å². The minimum absolute atomic E-state index is 0.230. The van der Waals surface area contributed by atoms with E-state index in [2.05, 4.69) is 31.2 Å². The predicted molar refractivity (Wildman–Crippen MR) is 158 cm³/mol. The van der Waals surface area contributed by atoms with Crippen molar-refractivity contribution >= 4 is 33.8 Å². The second-order valence-electron chi connectivity index (χ2n) is 9.79. The second kappa shape index (κ2) is 12.6. The molecule has 0 aliphatic carbocycles. The fraction of sp³-hybridized carbons (Fsp3) is 0.387. The van der Waals surface area contributed by atoms with Crippen molar-refractivity contribution in [1.29, 1.82) is 0 Å². The summed E-state index contributed by atoms with van der Waals surface area (Å²) in [5, 5.41) is 3.78. The molecule has 2 saturated heterocycles. The van der Waals surface area contributed by atoms with E-state index >= 15 is 4.39 Å². The van der Waals surface area contributed by atoms with Crippen LogP contribution in [0.4, 0.5) is 31.7 Å². The number of nitrogens with one attached hydrogen (secondary N) is 1. The molecule has 2 aliphatic heterocycles. The SMILES string of the molecule is CC.Cc1c(-c2ccccn2)nc2cc(F)cc(F)c2c1Nc1cc(N2CCOCC2)cnc1N1CCCCC1. The molecule has 3 aromatic heterocycles. The summed E-state index contributed by atoms with van der Waals surface area (Å²) in [5.41, 5.74) is 4.45. The molecule has 0 saturated carbocycles. The molecule has 0 atom stereocenters. The van der Waals surface area contributed by atoms with Gasteiger partial charge in [-0.1, -0.05) is 19.9 Å². The summed E-state index contributed by atoms with van der Waals surface area (Å²) < 4.78 is 35.2. The summed E-state index contributed by atoms with van der Waals surface area (Å²) >= 11 is 0. The van der Waals surface area contributed by atoms with Crippen LogP contribution < -0.4 is 15.1 Å². The van der Waals surface area contributed by atoms with Gasteiger partial charge in [0.2, 0.25) is 0 Å². The Morgan fingerprint density at radius 3 is 2.40 bits per heavy atom. The molecule has 0 bridgehead atoms. The third-order valence-corrected chi connectivity index (χ3v) is 7.30. The molecular formula is C31H36F2N6O. The number of nitrogens with zero attached hydrogens (tertiary/aromatic N) is 5. The quantitative estimate of drug-likeness (QED) is 0.293. The standard InChI is InChI=1S/C29H30F2N6O.C2H6/c1-19-27(23-7-3-4-8-32-23)34-24-16-20(30)15-22(31)26(24)28(19)35-25-17-21(36-11-13-38-14-12-36)18-33-29(25)37-9-5-2-6-10-37;1-2/h3-4,7-8,15-18H,2,5-6,9-14H2,1H3,(H,34,35);1-2H3. The highest BCUT2D eigenvalue weighted by atomic mass is 19.1. The van der Waals surface area contributed by atoms with Crippen LogP contribution in [-0.2, 0) is 4.74 Å². The molecule has 9 heteroatoms. The number of rotatable bonds is 5. The Kier molecular flexibility index (Phi) is 8.69. The number of morpholine rings is 1. The molecule has 210 valence electrons. The van der Waals surface area contributed by atoms with Gasteiger partial charge in [0, 0.05) is 50.1 Å². The number of pyridine rings is 3. The summed E-state index contributed by atoms with van der Waals surface area (Å²) in [6, 6.07) is 9.80. The van der Waals surface area contributed by atoms with E-state index < -0.39 is 11.6 Å². The van der Waals surface area contributed by atoms with Crippen molar-refractivity contribution in [3.05, 3.63) is 66.0 Å². The predicted octanol–water partition coefficient (Wildman–Crippen LogP) is 6.88. The Labute approximate surface area is 234 Å². The van der Waals surface area contributed by atoms with Crippen molar-refractivity contribution in [3.63, 3.8) is 0 Å². The van der Waals surface area contributed by atoms with Crippen LogP contribution in [0.15, 0.2) is 48.8 Å². The van der Waals surface area contributed by atoms with Crippen LogP contribution in [0.3, 0.4) is 0 Å². The maximum absolute atomic E-state index is 15.4. The lowest BCUT2D eigenvalue weighted by atomic mass is 10.0. The van der Waals surface area contributed by atoms with E-state index in [9.17, 15) is 4.39 Å². The monoisotopic (exact) mass is 546 g/mol. The Morgan fingerprint density at radius 2 is 1.68 bits per heavy atom. The number of piperidine rings is 1. The van der Waals surface area contributed by atoms with Gasteiger partial charge in [0.25, 0.3) is 0 Å². The first-order valence-corrected chi connectivity index (χ1v) is 14.1. The van der Waals surface area contributed by atoms with Crippen molar-refractivity contribution in [3.8, 4) is 11.4 Å². The van der Waals surface area contributed by atoms with E-state index in [1.165, 1.54) is 12.5 Å². The molecule has 0 unspecified atom stereocenters. The van der Waals surface area contributed by atoms with Crippen LogP contribution in [-0.4, -0.2) is 54.3 Å². The van der Waals surface area contributed by atoms with Gasteiger partial charge in [-0.3, -0.25) is 4.98 Å². The third kappa shape index (κ3) is 5.70. The molecule has 40 heavy (non-hydrogen) atoms. The lowest BCUT2D eigenvalue weighted by molar-refractivity contribution is 0.122. The number of halogens is 2. The van der Waals surface area contributed by atoms with Crippen molar-refractivity contribution in [2.75, 3.05) is 54.5 Å². The number of aromatic nitrogens is 3. The normalized spacial score (nSPS) is 15.5. The van der Waals surface area contributed by atoms with Gasteiger partial charge in [-0.2, -0.15) is 0 Å². The summed E-state index contributed by atoms with van der Waals surface area (Å²) in [6.45, 7) is 10.6. The third-order valence-electron chi connectivity index (χ3n) is 7.30.